The molecule has 47 heavy (non-hydrogen) atoms. The lowest BCUT2D eigenvalue weighted by atomic mass is 10.0. The van der Waals surface area contributed by atoms with E-state index in [0.29, 0.717) is 60.4 Å². The molecule has 0 spiro atoms. The number of nitrogens with one attached hydrogen (secondary N) is 1. The topological polar surface area (TPSA) is 103 Å². The Morgan fingerprint density at radius 3 is 2.43 bits per heavy atom. The molecule has 0 atom stereocenters. The molecule has 0 unspecified atom stereocenters. The van der Waals surface area contributed by atoms with Crippen molar-refractivity contribution in [3.63, 3.8) is 0 Å². The zero-order chi connectivity index (χ0) is 33.3. The third kappa shape index (κ3) is 7.47. The van der Waals surface area contributed by atoms with Crippen LogP contribution in [0.15, 0.2) is 91.0 Å². The molecule has 4 amide bonds. The van der Waals surface area contributed by atoms with E-state index in [1.165, 1.54) is 13.2 Å². The van der Waals surface area contributed by atoms with Crippen LogP contribution in [0, 0.1) is 0 Å². The molecule has 1 saturated heterocycles. The van der Waals surface area contributed by atoms with E-state index in [-0.39, 0.29) is 12.1 Å². The van der Waals surface area contributed by atoms with Crippen molar-refractivity contribution >= 4 is 34.7 Å². The Hall–Kier alpha value is -5.57. The molecule has 0 bridgehead atoms. The number of carbonyl (C=O) groups excluding carboxylic acids is 3. The number of carbonyl (C=O) groups is 3. The van der Waals surface area contributed by atoms with Crippen LogP contribution in [0.5, 0.6) is 23.0 Å². The summed E-state index contributed by atoms with van der Waals surface area (Å²) < 4.78 is 23.6. The summed E-state index contributed by atoms with van der Waals surface area (Å²) in [6.45, 7) is 8.93. The highest BCUT2D eigenvalue weighted by Crippen LogP contribution is 2.36. The monoisotopic (exact) mass is 634 g/mol. The minimum Gasteiger partial charge on any atom is -0.493 e. The lowest BCUT2D eigenvalue weighted by molar-refractivity contribution is -0.130. The number of amides is 4. The molecule has 0 aliphatic carbocycles. The van der Waals surface area contributed by atoms with Gasteiger partial charge in [-0.15, -0.1) is 6.58 Å². The van der Waals surface area contributed by atoms with E-state index < -0.39 is 17.8 Å². The summed E-state index contributed by atoms with van der Waals surface area (Å²) in [6, 6.07) is 22.1. The molecule has 9 nitrogen and oxygen atoms in total. The number of fused-ring (bicyclic) bond motifs is 1. The van der Waals surface area contributed by atoms with Crippen LogP contribution in [0.3, 0.4) is 0 Å². The highest BCUT2D eigenvalue weighted by Gasteiger charge is 2.36. The third-order valence-corrected chi connectivity index (χ3v) is 7.60. The largest absolute Gasteiger partial charge is 0.493 e. The minimum absolute atomic E-state index is 0.0740. The van der Waals surface area contributed by atoms with Crippen LogP contribution in [0.1, 0.15) is 42.5 Å². The number of urea groups is 1. The maximum absolute atomic E-state index is 13.6. The van der Waals surface area contributed by atoms with Gasteiger partial charge in [-0.1, -0.05) is 61.5 Å². The number of nitrogens with zero attached hydrogens (tertiary/aromatic N) is 1. The standard InChI is InChI=1S/C38H38N2O7/c1-5-11-28-19-26(22-34(44-4)35(28)47-24-29-14-10-13-27-12-8-9-15-30(27)29)20-31-36(41)39-38(43)40(37(31)42)23-25-16-17-32(46-18-6-2)33(21-25)45-7-3/h5,8-10,12-17,19-22H,1,6-7,11,18,23-24H2,2-4H3,(H,39,41,43)/b31-20+. The first kappa shape index (κ1) is 32.8. The van der Waals surface area contributed by atoms with Gasteiger partial charge in [0, 0.05) is 5.56 Å². The van der Waals surface area contributed by atoms with Crippen molar-refractivity contribution in [2.24, 2.45) is 0 Å². The predicted molar refractivity (Wildman–Crippen MR) is 181 cm³/mol. The third-order valence-electron chi connectivity index (χ3n) is 7.60. The zero-order valence-electron chi connectivity index (χ0n) is 26.8. The van der Waals surface area contributed by atoms with E-state index in [1.54, 1.807) is 30.3 Å². The molecule has 4 aromatic rings. The molecule has 1 aliphatic heterocycles. The summed E-state index contributed by atoms with van der Waals surface area (Å²) in [6.07, 6.45) is 4.47. The minimum atomic E-state index is -0.802. The van der Waals surface area contributed by atoms with Crippen molar-refractivity contribution in [3.05, 3.63) is 113 Å². The van der Waals surface area contributed by atoms with Gasteiger partial charge < -0.3 is 18.9 Å². The number of ether oxygens (including phenoxy) is 4. The normalized spacial score (nSPS) is 13.9. The van der Waals surface area contributed by atoms with Gasteiger partial charge in [-0.2, -0.15) is 0 Å². The molecule has 9 heteroatoms. The predicted octanol–water partition coefficient (Wildman–Crippen LogP) is 7.01. The Labute approximate surface area is 274 Å². The van der Waals surface area contributed by atoms with Gasteiger partial charge in [-0.3, -0.25) is 19.8 Å². The Bertz CT molecular complexity index is 1840. The average molecular weight is 635 g/mol. The summed E-state index contributed by atoms with van der Waals surface area (Å²) in [5, 5.41) is 4.50. The second-order valence-corrected chi connectivity index (χ2v) is 10.9. The SMILES string of the molecule is C=CCc1cc(/C=C2\C(=O)NC(=O)N(Cc3ccc(OCCC)c(OCC)c3)C2=O)cc(OC)c1OCc1cccc2ccccc12. The first-order valence-corrected chi connectivity index (χ1v) is 15.5. The van der Waals surface area contributed by atoms with Gasteiger partial charge in [0.25, 0.3) is 11.8 Å². The molecule has 0 radical (unpaired) electrons. The number of imide groups is 2. The highest BCUT2D eigenvalue weighted by atomic mass is 16.5. The number of hydrogen-bond acceptors (Lipinski definition) is 7. The molecular formula is C38H38N2O7. The fourth-order valence-electron chi connectivity index (χ4n) is 5.39. The van der Waals surface area contributed by atoms with E-state index in [4.69, 9.17) is 18.9 Å². The quantitative estimate of drug-likeness (QED) is 0.0905. The van der Waals surface area contributed by atoms with Gasteiger partial charge in [0.2, 0.25) is 0 Å². The molecule has 4 aromatic carbocycles. The Kier molecular flexibility index (Phi) is 10.6. The molecule has 1 fully saturated rings. The van der Waals surface area contributed by atoms with Crippen LogP contribution in [-0.2, 0) is 29.2 Å². The second kappa shape index (κ2) is 15.1. The van der Waals surface area contributed by atoms with Crippen LogP contribution in [0.4, 0.5) is 4.79 Å². The van der Waals surface area contributed by atoms with E-state index >= 15 is 0 Å². The Morgan fingerprint density at radius 1 is 0.851 bits per heavy atom. The number of barbiturate groups is 1. The van der Waals surface area contributed by atoms with Crippen LogP contribution in [-0.4, -0.2) is 43.1 Å². The van der Waals surface area contributed by atoms with Gasteiger partial charge in [0.1, 0.15) is 12.2 Å². The number of benzene rings is 4. The summed E-state index contributed by atoms with van der Waals surface area (Å²) in [4.78, 5) is 40.4. The summed E-state index contributed by atoms with van der Waals surface area (Å²) in [7, 11) is 1.53. The molecule has 0 saturated carbocycles. The van der Waals surface area contributed by atoms with Crippen LogP contribution >= 0.6 is 0 Å². The Morgan fingerprint density at radius 2 is 1.66 bits per heavy atom. The molecule has 242 valence electrons. The van der Waals surface area contributed by atoms with Crippen molar-refractivity contribution in [1.82, 2.24) is 10.2 Å². The van der Waals surface area contributed by atoms with Crippen LogP contribution in [0.25, 0.3) is 16.8 Å². The van der Waals surface area contributed by atoms with E-state index in [1.807, 2.05) is 44.2 Å². The van der Waals surface area contributed by atoms with Crippen LogP contribution in [0.2, 0.25) is 0 Å². The molecule has 1 N–H and O–H groups in total. The fraction of sp³-hybridized carbons (Fsp3) is 0.237. The summed E-state index contributed by atoms with van der Waals surface area (Å²) in [5.41, 5.74) is 2.76. The van der Waals surface area contributed by atoms with Crippen molar-refractivity contribution in [2.75, 3.05) is 20.3 Å². The number of rotatable bonds is 14. The van der Waals surface area contributed by atoms with E-state index in [2.05, 4.69) is 30.1 Å². The lowest BCUT2D eigenvalue weighted by Gasteiger charge is -2.27. The first-order valence-electron chi connectivity index (χ1n) is 15.5. The average Bonchev–Trinajstić information content (AvgIpc) is 3.07. The van der Waals surface area contributed by atoms with E-state index in [9.17, 15) is 14.4 Å². The van der Waals surface area contributed by atoms with Gasteiger partial charge >= 0.3 is 6.03 Å². The Balaban J connectivity index is 1.42. The summed E-state index contributed by atoms with van der Waals surface area (Å²) in [5.74, 6) is 0.562. The van der Waals surface area contributed by atoms with Gasteiger partial charge in [0.05, 0.1) is 26.9 Å². The summed E-state index contributed by atoms with van der Waals surface area (Å²) >= 11 is 0. The van der Waals surface area contributed by atoms with Gasteiger partial charge in [0.15, 0.2) is 23.0 Å². The van der Waals surface area contributed by atoms with Crippen LogP contribution < -0.4 is 24.3 Å². The number of hydrogen-bond donors (Lipinski definition) is 1. The smallest absolute Gasteiger partial charge is 0.331 e. The molecule has 5 rings (SSSR count). The lowest BCUT2D eigenvalue weighted by Crippen LogP contribution is -2.53. The maximum atomic E-state index is 13.6. The van der Waals surface area contributed by atoms with E-state index in [0.717, 1.165) is 33.2 Å². The number of allylic oxidation sites excluding steroid dienone is 1. The maximum Gasteiger partial charge on any atom is 0.331 e. The second-order valence-electron chi connectivity index (χ2n) is 10.9. The molecule has 0 aromatic heterocycles. The fourth-order valence-corrected chi connectivity index (χ4v) is 5.39. The van der Waals surface area contributed by atoms with Crippen molar-refractivity contribution < 1.29 is 33.3 Å². The number of methoxy groups -OCH3 is 1. The molecule has 1 heterocycles. The molecular weight excluding hydrogens is 596 g/mol. The zero-order valence-corrected chi connectivity index (χ0v) is 26.8. The van der Waals surface area contributed by atoms with Gasteiger partial charge in [-0.25, -0.2) is 4.79 Å². The molecule has 1 aliphatic rings. The highest BCUT2D eigenvalue weighted by molar-refractivity contribution is 6.31. The van der Waals surface area contributed by atoms with Crippen molar-refractivity contribution in [1.29, 1.82) is 0 Å². The first-order chi connectivity index (χ1) is 22.9. The van der Waals surface area contributed by atoms with Gasteiger partial charge in [-0.05, 0) is 77.6 Å². The van der Waals surface area contributed by atoms with Crippen molar-refractivity contribution in [3.8, 4) is 23.0 Å². The van der Waals surface area contributed by atoms with Crippen molar-refractivity contribution in [2.45, 2.75) is 39.8 Å².